The fraction of sp³-hybridized carbons (Fsp3) is 0.227. The van der Waals surface area contributed by atoms with E-state index in [-0.39, 0.29) is 11.5 Å². The van der Waals surface area contributed by atoms with Crippen LogP contribution in [0.5, 0.6) is 0 Å². The molecule has 2 aromatic carbocycles. The zero-order valence-corrected chi connectivity index (χ0v) is 16.9. The Kier molecular flexibility index (Phi) is 5.15. The summed E-state index contributed by atoms with van der Waals surface area (Å²) in [4.78, 5) is 39.7. The molecule has 1 fully saturated rings. The fourth-order valence-electron chi connectivity index (χ4n) is 3.27. The standard InChI is InChI=1S/C22H20N2O4S/c1-13-7-8-16(9-14(13)2)23-20(25)18-11-29-12-24(18)21(26)17-10-15-5-3-4-6-19(15)28-22(17)27/h3-10,18H,11-12H2,1-2H3,(H,23,25). The van der Waals surface area contributed by atoms with E-state index in [1.807, 2.05) is 38.1 Å². The minimum atomic E-state index is -0.695. The lowest BCUT2D eigenvalue weighted by molar-refractivity contribution is -0.119. The van der Waals surface area contributed by atoms with Gasteiger partial charge in [-0.15, -0.1) is 11.8 Å². The summed E-state index contributed by atoms with van der Waals surface area (Å²) < 4.78 is 5.28. The molecule has 2 heterocycles. The minimum Gasteiger partial charge on any atom is -0.422 e. The smallest absolute Gasteiger partial charge is 0.349 e. The van der Waals surface area contributed by atoms with Crippen molar-refractivity contribution < 1.29 is 14.0 Å². The maximum atomic E-state index is 13.1. The fourth-order valence-corrected chi connectivity index (χ4v) is 4.42. The molecule has 1 atom stereocenters. The van der Waals surface area contributed by atoms with Crippen LogP contribution < -0.4 is 10.9 Å². The van der Waals surface area contributed by atoms with Gasteiger partial charge >= 0.3 is 5.63 Å². The van der Waals surface area contributed by atoms with Crippen molar-refractivity contribution in [3.8, 4) is 0 Å². The van der Waals surface area contributed by atoms with Gasteiger partial charge in [-0.1, -0.05) is 24.3 Å². The number of carbonyl (C=O) groups is 2. The normalized spacial score (nSPS) is 16.2. The second kappa shape index (κ2) is 7.75. The number of anilines is 1. The molecule has 1 aliphatic rings. The third-order valence-corrected chi connectivity index (χ3v) is 6.10. The van der Waals surface area contributed by atoms with E-state index in [4.69, 9.17) is 4.42 Å². The maximum absolute atomic E-state index is 13.1. The third kappa shape index (κ3) is 3.78. The van der Waals surface area contributed by atoms with Crippen molar-refractivity contribution in [3.05, 3.63) is 75.6 Å². The van der Waals surface area contributed by atoms with Crippen molar-refractivity contribution >= 4 is 40.2 Å². The first kappa shape index (κ1) is 19.3. The largest absolute Gasteiger partial charge is 0.422 e. The van der Waals surface area contributed by atoms with Crippen LogP contribution in [0.25, 0.3) is 11.0 Å². The van der Waals surface area contributed by atoms with Gasteiger partial charge in [0.15, 0.2) is 0 Å². The first-order chi connectivity index (χ1) is 13.9. The second-order valence-electron chi connectivity index (χ2n) is 7.06. The number of hydrogen-bond acceptors (Lipinski definition) is 5. The van der Waals surface area contributed by atoms with Gasteiger partial charge in [0.1, 0.15) is 17.2 Å². The zero-order valence-electron chi connectivity index (χ0n) is 16.1. The van der Waals surface area contributed by atoms with Gasteiger partial charge in [0.05, 0.1) is 5.88 Å². The van der Waals surface area contributed by atoms with Crippen LogP contribution in [-0.2, 0) is 4.79 Å². The molecule has 4 rings (SSSR count). The first-order valence-electron chi connectivity index (χ1n) is 9.24. The average molecular weight is 408 g/mol. The highest BCUT2D eigenvalue weighted by Crippen LogP contribution is 2.25. The summed E-state index contributed by atoms with van der Waals surface area (Å²) in [6.07, 6.45) is 0. The number of thioether (sulfide) groups is 1. The molecular formula is C22H20N2O4S. The predicted molar refractivity (Wildman–Crippen MR) is 114 cm³/mol. The lowest BCUT2D eigenvalue weighted by Crippen LogP contribution is -2.45. The minimum absolute atomic E-state index is 0.0600. The number of hydrogen-bond donors (Lipinski definition) is 1. The van der Waals surface area contributed by atoms with E-state index < -0.39 is 17.6 Å². The van der Waals surface area contributed by atoms with E-state index in [1.54, 1.807) is 18.2 Å². The molecule has 0 saturated carbocycles. The SMILES string of the molecule is Cc1ccc(NC(=O)C2CSCN2C(=O)c2cc3ccccc3oc2=O)cc1C. The average Bonchev–Trinajstić information content (AvgIpc) is 3.20. The lowest BCUT2D eigenvalue weighted by Gasteiger charge is -2.23. The van der Waals surface area contributed by atoms with Gasteiger partial charge in [-0.05, 0) is 49.2 Å². The summed E-state index contributed by atoms with van der Waals surface area (Å²) in [5.74, 6) is 0.0591. The Balaban J connectivity index is 1.58. The van der Waals surface area contributed by atoms with Crippen molar-refractivity contribution in [3.63, 3.8) is 0 Å². The zero-order chi connectivity index (χ0) is 20.5. The maximum Gasteiger partial charge on any atom is 0.349 e. The molecular weight excluding hydrogens is 388 g/mol. The monoisotopic (exact) mass is 408 g/mol. The second-order valence-corrected chi connectivity index (χ2v) is 8.06. The molecule has 0 bridgehead atoms. The Hall–Kier alpha value is -3.06. The van der Waals surface area contributed by atoms with Gasteiger partial charge in [-0.3, -0.25) is 9.59 Å². The van der Waals surface area contributed by atoms with Crippen molar-refractivity contribution in [2.24, 2.45) is 0 Å². The Morgan fingerprint density at radius 2 is 1.90 bits per heavy atom. The summed E-state index contributed by atoms with van der Waals surface area (Å²) in [7, 11) is 0. The van der Waals surface area contributed by atoms with E-state index in [0.29, 0.717) is 28.3 Å². The first-order valence-corrected chi connectivity index (χ1v) is 10.4. The molecule has 3 aromatic rings. The Bertz CT molecular complexity index is 1170. The van der Waals surface area contributed by atoms with E-state index in [2.05, 4.69) is 5.32 Å². The highest BCUT2D eigenvalue weighted by atomic mass is 32.2. The molecule has 1 aliphatic heterocycles. The number of benzene rings is 2. The molecule has 1 N–H and O–H groups in total. The van der Waals surface area contributed by atoms with Gasteiger partial charge in [0, 0.05) is 16.8 Å². The predicted octanol–water partition coefficient (Wildman–Crippen LogP) is 3.56. The molecule has 1 aromatic heterocycles. The molecule has 0 radical (unpaired) electrons. The van der Waals surface area contributed by atoms with Crippen LogP contribution in [-0.4, -0.2) is 34.4 Å². The molecule has 0 spiro atoms. The molecule has 1 saturated heterocycles. The summed E-state index contributed by atoms with van der Waals surface area (Å²) >= 11 is 1.48. The number of fused-ring (bicyclic) bond motifs is 1. The van der Waals surface area contributed by atoms with Crippen molar-refractivity contribution in [1.29, 1.82) is 0 Å². The summed E-state index contributed by atoms with van der Waals surface area (Å²) in [5.41, 5.74) is 2.57. The van der Waals surface area contributed by atoms with Crippen LogP contribution in [0.4, 0.5) is 5.69 Å². The van der Waals surface area contributed by atoms with Gasteiger partial charge < -0.3 is 14.6 Å². The number of carbonyl (C=O) groups excluding carboxylic acids is 2. The molecule has 1 unspecified atom stereocenters. The summed E-state index contributed by atoms with van der Waals surface area (Å²) in [6, 6.07) is 13.6. The number of aryl methyl sites for hydroxylation is 2. The van der Waals surface area contributed by atoms with E-state index >= 15 is 0 Å². The molecule has 2 amide bonds. The van der Waals surface area contributed by atoms with Gasteiger partial charge in [-0.25, -0.2) is 4.79 Å². The van der Waals surface area contributed by atoms with Crippen molar-refractivity contribution in [2.45, 2.75) is 19.9 Å². The van der Waals surface area contributed by atoms with Gasteiger partial charge in [-0.2, -0.15) is 0 Å². The van der Waals surface area contributed by atoms with Gasteiger partial charge in [0.25, 0.3) is 5.91 Å². The van der Waals surface area contributed by atoms with E-state index in [9.17, 15) is 14.4 Å². The molecule has 148 valence electrons. The molecule has 7 heteroatoms. The topological polar surface area (TPSA) is 79.6 Å². The number of nitrogens with one attached hydrogen (secondary N) is 1. The van der Waals surface area contributed by atoms with Gasteiger partial charge in [0.2, 0.25) is 5.91 Å². The van der Waals surface area contributed by atoms with Crippen LogP contribution >= 0.6 is 11.8 Å². The quantitative estimate of drug-likeness (QED) is 0.671. The highest BCUT2D eigenvalue weighted by Gasteiger charge is 2.36. The van der Waals surface area contributed by atoms with E-state index in [1.165, 1.54) is 22.7 Å². The van der Waals surface area contributed by atoms with Crippen molar-refractivity contribution in [1.82, 2.24) is 4.90 Å². The van der Waals surface area contributed by atoms with Crippen molar-refractivity contribution in [2.75, 3.05) is 16.9 Å². The molecule has 6 nitrogen and oxygen atoms in total. The Morgan fingerprint density at radius 3 is 2.69 bits per heavy atom. The number of rotatable bonds is 3. The van der Waals surface area contributed by atoms with Crippen LogP contribution in [0, 0.1) is 13.8 Å². The number of amides is 2. The highest BCUT2D eigenvalue weighted by molar-refractivity contribution is 7.99. The molecule has 29 heavy (non-hydrogen) atoms. The Morgan fingerprint density at radius 1 is 1.10 bits per heavy atom. The van der Waals surface area contributed by atoms with Crippen LogP contribution in [0.1, 0.15) is 21.5 Å². The number of para-hydroxylation sites is 1. The van der Waals surface area contributed by atoms with Crippen LogP contribution in [0.3, 0.4) is 0 Å². The summed E-state index contributed by atoms with van der Waals surface area (Å²) in [6.45, 7) is 3.98. The molecule has 0 aliphatic carbocycles. The van der Waals surface area contributed by atoms with Crippen LogP contribution in [0.2, 0.25) is 0 Å². The van der Waals surface area contributed by atoms with Crippen LogP contribution in [0.15, 0.2) is 57.7 Å². The summed E-state index contributed by atoms with van der Waals surface area (Å²) in [5, 5.41) is 3.55. The third-order valence-electron chi connectivity index (χ3n) is 5.09. The lowest BCUT2D eigenvalue weighted by atomic mass is 10.1. The Labute approximate surface area is 171 Å². The van der Waals surface area contributed by atoms with E-state index in [0.717, 1.165) is 11.1 Å². The number of nitrogens with zero attached hydrogens (tertiary/aromatic N) is 1.